The number of nitro groups is 1. The van der Waals surface area contributed by atoms with Crippen LogP contribution in [0.25, 0.3) is 0 Å². The molecule has 1 aromatic heterocycles. The van der Waals surface area contributed by atoms with Crippen molar-refractivity contribution in [3.8, 4) is 0 Å². The fourth-order valence-electron chi connectivity index (χ4n) is 1.79. The summed E-state index contributed by atoms with van der Waals surface area (Å²) in [5, 5.41) is 16.6. The Morgan fingerprint density at radius 1 is 1.05 bits per heavy atom. The monoisotopic (exact) mass is 329 g/mol. The van der Waals surface area contributed by atoms with Crippen molar-refractivity contribution < 1.29 is 4.92 Å². The number of hydrogen-bond acceptors (Lipinski definition) is 6. The molecule has 2 aromatic carbocycles. The van der Waals surface area contributed by atoms with Gasteiger partial charge in [0.1, 0.15) is 0 Å². The normalized spacial score (nSPS) is 10.4. The summed E-state index contributed by atoms with van der Waals surface area (Å²) >= 11 is 3.11. The van der Waals surface area contributed by atoms with Crippen molar-refractivity contribution in [1.29, 1.82) is 0 Å². The van der Waals surface area contributed by atoms with Crippen LogP contribution >= 0.6 is 23.1 Å². The van der Waals surface area contributed by atoms with E-state index in [1.165, 1.54) is 12.1 Å². The van der Waals surface area contributed by atoms with Crippen LogP contribution in [0.4, 0.5) is 16.5 Å². The van der Waals surface area contributed by atoms with Gasteiger partial charge in [-0.05, 0) is 36.4 Å². The number of aromatic nitrogens is 1. The summed E-state index contributed by atoms with van der Waals surface area (Å²) in [5.41, 5.74) is 1.08. The summed E-state index contributed by atoms with van der Waals surface area (Å²) in [6, 6.07) is 14.5. The molecule has 7 heteroatoms. The third-order valence-electron chi connectivity index (χ3n) is 2.82. The Morgan fingerprint density at radius 2 is 1.68 bits per heavy atom. The molecule has 0 radical (unpaired) electrons. The number of nitrogens with zero attached hydrogens (tertiary/aromatic N) is 2. The second-order valence-electron chi connectivity index (χ2n) is 4.34. The lowest BCUT2D eigenvalue weighted by Gasteiger charge is -2.05. The van der Waals surface area contributed by atoms with Crippen LogP contribution in [0.3, 0.4) is 0 Å². The smallest absolute Gasteiger partial charge is 0.269 e. The zero-order chi connectivity index (χ0) is 15.4. The maximum Gasteiger partial charge on any atom is 0.269 e. The van der Waals surface area contributed by atoms with E-state index in [1.54, 1.807) is 41.4 Å². The van der Waals surface area contributed by atoms with Gasteiger partial charge in [-0.1, -0.05) is 11.8 Å². The zero-order valence-corrected chi connectivity index (χ0v) is 12.9. The number of hydrogen-bond donors (Lipinski definition) is 1. The molecule has 0 fully saturated rings. The highest BCUT2D eigenvalue weighted by Gasteiger charge is 2.05. The summed E-state index contributed by atoms with van der Waals surface area (Å²) in [4.78, 5) is 16.4. The molecule has 0 saturated carbocycles. The van der Waals surface area contributed by atoms with Crippen molar-refractivity contribution in [2.75, 3.05) is 5.32 Å². The molecule has 0 saturated heterocycles. The van der Waals surface area contributed by atoms with Crippen molar-refractivity contribution in [3.63, 3.8) is 0 Å². The first-order chi connectivity index (χ1) is 10.7. The van der Waals surface area contributed by atoms with Crippen molar-refractivity contribution >= 4 is 39.6 Å². The largest absolute Gasteiger partial charge is 0.332 e. The summed E-state index contributed by atoms with van der Waals surface area (Å²) in [7, 11) is 0. The second-order valence-corrected chi connectivity index (χ2v) is 6.38. The minimum Gasteiger partial charge on any atom is -0.332 e. The Kier molecular flexibility index (Phi) is 4.36. The number of anilines is 2. The van der Waals surface area contributed by atoms with Crippen molar-refractivity contribution in [3.05, 3.63) is 70.2 Å². The highest BCUT2D eigenvalue weighted by atomic mass is 32.2. The lowest BCUT2D eigenvalue weighted by Crippen LogP contribution is -1.88. The Bertz CT molecular complexity index is 756. The third-order valence-corrected chi connectivity index (χ3v) is 4.53. The molecule has 0 amide bonds. The van der Waals surface area contributed by atoms with Gasteiger partial charge in [0.05, 0.1) is 4.92 Å². The summed E-state index contributed by atoms with van der Waals surface area (Å²) in [6.45, 7) is 0. The summed E-state index contributed by atoms with van der Waals surface area (Å²) < 4.78 is 0. The molecule has 0 aliphatic heterocycles. The van der Waals surface area contributed by atoms with Crippen LogP contribution in [0, 0.1) is 10.1 Å². The Morgan fingerprint density at radius 3 is 2.23 bits per heavy atom. The third kappa shape index (κ3) is 3.63. The molecule has 0 atom stereocenters. The maximum absolute atomic E-state index is 10.6. The van der Waals surface area contributed by atoms with Crippen molar-refractivity contribution in [2.24, 2.45) is 0 Å². The van der Waals surface area contributed by atoms with E-state index >= 15 is 0 Å². The molecule has 0 aliphatic carbocycles. The fraction of sp³-hybridized carbons (Fsp3) is 0. The highest BCUT2D eigenvalue weighted by molar-refractivity contribution is 7.99. The van der Waals surface area contributed by atoms with Gasteiger partial charge < -0.3 is 5.32 Å². The van der Waals surface area contributed by atoms with Gasteiger partial charge >= 0.3 is 0 Å². The van der Waals surface area contributed by atoms with Crippen LogP contribution in [0.1, 0.15) is 0 Å². The summed E-state index contributed by atoms with van der Waals surface area (Å²) in [6.07, 6.45) is 1.76. The molecular weight excluding hydrogens is 318 g/mol. The molecule has 3 rings (SSSR count). The number of non-ortho nitro benzene ring substituents is 1. The molecule has 0 spiro atoms. The van der Waals surface area contributed by atoms with Crippen LogP contribution in [0.2, 0.25) is 0 Å². The first kappa shape index (κ1) is 14.6. The first-order valence-electron chi connectivity index (χ1n) is 6.39. The van der Waals surface area contributed by atoms with E-state index in [9.17, 15) is 10.1 Å². The lowest BCUT2D eigenvalue weighted by molar-refractivity contribution is -0.384. The van der Waals surface area contributed by atoms with E-state index in [2.05, 4.69) is 10.3 Å². The van der Waals surface area contributed by atoms with Gasteiger partial charge in [0.15, 0.2) is 5.13 Å². The number of nitrogens with one attached hydrogen (secondary N) is 1. The predicted octanol–water partition coefficient (Wildman–Crippen LogP) is 4.95. The van der Waals surface area contributed by atoms with Crippen molar-refractivity contribution in [1.82, 2.24) is 4.98 Å². The van der Waals surface area contributed by atoms with Gasteiger partial charge in [-0.2, -0.15) is 0 Å². The van der Waals surface area contributed by atoms with Gasteiger partial charge in [-0.25, -0.2) is 4.98 Å². The van der Waals surface area contributed by atoms with Gasteiger partial charge in [-0.3, -0.25) is 10.1 Å². The standard InChI is InChI=1S/C15H11N3O2S2/c19-18(20)12-3-7-14(8-4-12)22-13-5-1-11(2-6-13)17-15-16-9-10-21-15/h1-10H,(H,16,17). The van der Waals surface area contributed by atoms with Crippen LogP contribution in [0.15, 0.2) is 69.9 Å². The van der Waals surface area contributed by atoms with E-state index in [1.807, 2.05) is 29.6 Å². The minimum absolute atomic E-state index is 0.104. The molecule has 0 unspecified atom stereocenters. The number of rotatable bonds is 5. The quantitative estimate of drug-likeness (QED) is 0.530. The number of nitro benzene ring substituents is 1. The molecule has 0 aliphatic rings. The Balaban J connectivity index is 1.66. The molecule has 0 bridgehead atoms. The average molecular weight is 329 g/mol. The highest BCUT2D eigenvalue weighted by Crippen LogP contribution is 2.30. The Hall–Kier alpha value is -2.38. The second kappa shape index (κ2) is 6.59. The molecule has 22 heavy (non-hydrogen) atoms. The van der Waals surface area contributed by atoms with E-state index in [0.717, 1.165) is 20.6 Å². The minimum atomic E-state index is -0.395. The van der Waals surface area contributed by atoms with Gasteiger partial charge in [0, 0.05) is 39.2 Å². The zero-order valence-electron chi connectivity index (χ0n) is 11.3. The van der Waals surface area contributed by atoms with E-state index in [-0.39, 0.29) is 5.69 Å². The first-order valence-corrected chi connectivity index (χ1v) is 8.09. The number of benzene rings is 2. The van der Waals surface area contributed by atoms with Crippen LogP contribution in [-0.4, -0.2) is 9.91 Å². The maximum atomic E-state index is 10.6. The topological polar surface area (TPSA) is 68.1 Å². The van der Waals surface area contributed by atoms with Crippen LogP contribution in [-0.2, 0) is 0 Å². The number of thiazole rings is 1. The fourth-order valence-corrected chi connectivity index (χ4v) is 3.15. The van der Waals surface area contributed by atoms with E-state index in [0.29, 0.717) is 0 Å². The van der Waals surface area contributed by atoms with Gasteiger partial charge in [0.2, 0.25) is 0 Å². The van der Waals surface area contributed by atoms with Gasteiger partial charge in [0.25, 0.3) is 5.69 Å². The average Bonchev–Trinajstić information content (AvgIpc) is 3.03. The SMILES string of the molecule is O=[N+]([O-])c1ccc(Sc2ccc(Nc3nccs3)cc2)cc1. The van der Waals surface area contributed by atoms with Gasteiger partial charge in [-0.15, -0.1) is 11.3 Å². The predicted molar refractivity (Wildman–Crippen MR) is 89.1 cm³/mol. The Labute approximate surface area is 135 Å². The summed E-state index contributed by atoms with van der Waals surface area (Å²) in [5.74, 6) is 0. The van der Waals surface area contributed by atoms with Crippen LogP contribution in [0.5, 0.6) is 0 Å². The molecular formula is C15H11N3O2S2. The van der Waals surface area contributed by atoms with E-state index in [4.69, 9.17) is 0 Å². The van der Waals surface area contributed by atoms with Crippen molar-refractivity contribution in [2.45, 2.75) is 9.79 Å². The lowest BCUT2D eigenvalue weighted by atomic mass is 10.3. The molecule has 1 N–H and O–H groups in total. The molecule has 1 heterocycles. The molecule has 3 aromatic rings. The van der Waals surface area contributed by atoms with E-state index < -0.39 is 4.92 Å². The van der Waals surface area contributed by atoms with Crippen LogP contribution < -0.4 is 5.32 Å². The molecule has 5 nitrogen and oxygen atoms in total. The molecule has 110 valence electrons.